The molecule has 0 unspecified atom stereocenters. The van der Waals surface area contributed by atoms with Crippen LogP contribution in [0.15, 0.2) is 40.9 Å². The zero-order valence-electron chi connectivity index (χ0n) is 14.9. The van der Waals surface area contributed by atoms with Crippen molar-refractivity contribution in [3.63, 3.8) is 0 Å². The van der Waals surface area contributed by atoms with E-state index in [1.165, 1.54) is 11.3 Å². The van der Waals surface area contributed by atoms with Crippen molar-refractivity contribution in [2.24, 2.45) is 0 Å². The fourth-order valence-electron chi connectivity index (χ4n) is 2.83. The molecular weight excluding hydrogens is 464 g/mol. The molecule has 0 radical (unpaired) electrons. The van der Waals surface area contributed by atoms with Gasteiger partial charge in [0.2, 0.25) is 0 Å². The molecule has 0 saturated carbocycles. The number of benzene rings is 2. The fraction of sp³-hybridized carbons (Fsp3) is 0.200. The third-order valence-electron chi connectivity index (χ3n) is 4.27. The van der Waals surface area contributed by atoms with Crippen LogP contribution in [0.25, 0.3) is 0 Å². The molecule has 0 aliphatic carbocycles. The Bertz CT molecular complexity index is 1050. The zero-order valence-corrected chi connectivity index (χ0v) is 18.1. The Balaban J connectivity index is 1.49. The van der Waals surface area contributed by atoms with Gasteiger partial charge in [0.15, 0.2) is 16.6 Å². The Morgan fingerprint density at radius 3 is 2.79 bits per heavy atom. The second-order valence-electron chi connectivity index (χ2n) is 6.27. The lowest BCUT2D eigenvalue weighted by molar-refractivity contribution is 0.102. The quantitative estimate of drug-likeness (QED) is 0.538. The first-order valence-electron chi connectivity index (χ1n) is 8.61. The van der Waals surface area contributed by atoms with Crippen molar-refractivity contribution in [3.05, 3.63) is 67.6 Å². The summed E-state index contributed by atoms with van der Waals surface area (Å²) < 4.78 is 11.9. The second-order valence-corrected chi connectivity index (χ2v) is 8.61. The number of fused-ring (bicyclic) bond motifs is 1. The summed E-state index contributed by atoms with van der Waals surface area (Å²) in [6.45, 7) is 2.93. The van der Waals surface area contributed by atoms with Crippen LogP contribution < -0.4 is 14.8 Å². The molecule has 0 atom stereocenters. The number of ether oxygens (including phenoxy) is 2. The summed E-state index contributed by atoms with van der Waals surface area (Å²) in [6.07, 6.45) is 0.705. The number of nitrogens with zero attached hydrogens (tertiary/aromatic N) is 1. The molecule has 0 fully saturated rings. The third-order valence-corrected chi connectivity index (χ3v) is 6.57. The van der Waals surface area contributed by atoms with E-state index in [2.05, 4.69) is 26.2 Å². The standard InChI is InChI=1S/C20H16BrClN2O3S/c1-11-18(9-12-2-4-14(21)15(22)8-12)28-20(23-11)24-19(25)13-3-5-16-17(10-13)27-7-6-26-16/h2-5,8,10H,6-7,9H2,1H3,(H,23,24,25). The minimum absolute atomic E-state index is 0.232. The van der Waals surface area contributed by atoms with Crippen molar-refractivity contribution >= 4 is 49.9 Å². The van der Waals surface area contributed by atoms with Crippen molar-refractivity contribution in [1.82, 2.24) is 4.98 Å². The first kappa shape index (κ1) is 19.2. The second kappa shape index (κ2) is 8.11. The normalized spacial score (nSPS) is 12.7. The monoisotopic (exact) mass is 478 g/mol. The lowest BCUT2D eigenvalue weighted by Crippen LogP contribution is -2.17. The number of anilines is 1. The Morgan fingerprint density at radius 1 is 1.21 bits per heavy atom. The van der Waals surface area contributed by atoms with Gasteiger partial charge < -0.3 is 9.47 Å². The number of amides is 1. The van der Waals surface area contributed by atoms with Crippen LogP contribution in [-0.2, 0) is 6.42 Å². The number of thiazole rings is 1. The molecule has 0 spiro atoms. The van der Waals surface area contributed by atoms with Crippen LogP contribution in [0.1, 0.15) is 26.5 Å². The van der Waals surface area contributed by atoms with E-state index in [4.69, 9.17) is 21.1 Å². The van der Waals surface area contributed by atoms with Gasteiger partial charge in [0.1, 0.15) is 13.2 Å². The molecule has 28 heavy (non-hydrogen) atoms. The molecule has 5 nitrogen and oxygen atoms in total. The van der Waals surface area contributed by atoms with Crippen LogP contribution in [0.3, 0.4) is 0 Å². The molecule has 2 heterocycles. The number of carbonyl (C=O) groups is 1. The number of halogens is 2. The molecule has 1 N–H and O–H groups in total. The predicted octanol–water partition coefficient (Wildman–Crippen LogP) is 5.48. The van der Waals surface area contributed by atoms with E-state index in [1.54, 1.807) is 18.2 Å². The minimum Gasteiger partial charge on any atom is -0.486 e. The molecule has 2 aromatic carbocycles. The Morgan fingerprint density at radius 2 is 2.00 bits per heavy atom. The Hall–Kier alpha value is -2.09. The molecule has 1 aromatic heterocycles. The van der Waals surface area contributed by atoms with E-state index in [0.29, 0.717) is 46.9 Å². The van der Waals surface area contributed by atoms with E-state index in [1.807, 2.05) is 25.1 Å². The Kier molecular flexibility index (Phi) is 5.57. The van der Waals surface area contributed by atoms with E-state index < -0.39 is 0 Å². The van der Waals surface area contributed by atoms with Gasteiger partial charge in [0.05, 0.1) is 10.7 Å². The van der Waals surface area contributed by atoms with Crippen molar-refractivity contribution in [1.29, 1.82) is 0 Å². The number of hydrogen-bond acceptors (Lipinski definition) is 5. The summed E-state index contributed by atoms with van der Waals surface area (Å²) in [5.41, 5.74) is 2.48. The van der Waals surface area contributed by atoms with Gasteiger partial charge in [-0.15, -0.1) is 11.3 Å². The van der Waals surface area contributed by atoms with Gasteiger partial charge in [-0.25, -0.2) is 4.98 Å². The van der Waals surface area contributed by atoms with Crippen LogP contribution in [0, 0.1) is 6.92 Å². The van der Waals surface area contributed by atoms with Gasteiger partial charge in [-0.3, -0.25) is 10.1 Å². The van der Waals surface area contributed by atoms with Gasteiger partial charge in [-0.05, 0) is 58.7 Å². The highest BCUT2D eigenvalue weighted by atomic mass is 79.9. The van der Waals surface area contributed by atoms with E-state index in [9.17, 15) is 4.79 Å². The zero-order chi connectivity index (χ0) is 19.7. The first-order valence-corrected chi connectivity index (χ1v) is 10.6. The van der Waals surface area contributed by atoms with Crippen molar-refractivity contribution < 1.29 is 14.3 Å². The summed E-state index contributed by atoms with van der Waals surface area (Å²) >= 11 is 11.0. The first-order chi connectivity index (χ1) is 13.5. The van der Waals surface area contributed by atoms with Crippen LogP contribution in [0.4, 0.5) is 5.13 Å². The SMILES string of the molecule is Cc1nc(NC(=O)c2ccc3c(c2)OCCO3)sc1Cc1ccc(Br)c(Cl)c1. The molecule has 1 aliphatic heterocycles. The number of nitrogens with one attached hydrogen (secondary N) is 1. The number of aryl methyl sites for hydroxylation is 1. The molecule has 144 valence electrons. The maximum Gasteiger partial charge on any atom is 0.257 e. The number of hydrogen-bond donors (Lipinski definition) is 1. The van der Waals surface area contributed by atoms with Gasteiger partial charge in [0.25, 0.3) is 5.91 Å². The summed E-state index contributed by atoms with van der Waals surface area (Å²) in [5, 5.41) is 4.11. The van der Waals surface area contributed by atoms with Crippen LogP contribution in [0.2, 0.25) is 5.02 Å². The third kappa shape index (κ3) is 4.16. The highest BCUT2D eigenvalue weighted by molar-refractivity contribution is 9.10. The summed E-state index contributed by atoms with van der Waals surface area (Å²) in [6, 6.07) is 11.0. The van der Waals surface area contributed by atoms with Crippen molar-refractivity contribution in [2.75, 3.05) is 18.5 Å². The van der Waals surface area contributed by atoms with Gasteiger partial charge in [-0.2, -0.15) is 0 Å². The Labute approximate surface area is 179 Å². The average molecular weight is 480 g/mol. The van der Waals surface area contributed by atoms with Gasteiger partial charge in [0, 0.05) is 21.3 Å². The van der Waals surface area contributed by atoms with Crippen LogP contribution in [0.5, 0.6) is 11.5 Å². The summed E-state index contributed by atoms with van der Waals surface area (Å²) in [5.74, 6) is 1.01. The number of carbonyl (C=O) groups excluding carboxylic acids is 1. The van der Waals surface area contributed by atoms with Crippen molar-refractivity contribution in [3.8, 4) is 11.5 Å². The minimum atomic E-state index is -0.232. The smallest absolute Gasteiger partial charge is 0.257 e. The van der Waals surface area contributed by atoms with Crippen LogP contribution >= 0.6 is 38.9 Å². The maximum atomic E-state index is 12.6. The molecule has 0 bridgehead atoms. The average Bonchev–Trinajstić information content (AvgIpc) is 3.03. The molecule has 3 aromatic rings. The van der Waals surface area contributed by atoms with E-state index >= 15 is 0 Å². The predicted molar refractivity (Wildman–Crippen MR) is 114 cm³/mol. The molecule has 8 heteroatoms. The lowest BCUT2D eigenvalue weighted by atomic mass is 10.1. The highest BCUT2D eigenvalue weighted by Crippen LogP contribution is 2.32. The number of rotatable bonds is 4. The maximum absolute atomic E-state index is 12.6. The molecule has 1 aliphatic rings. The largest absolute Gasteiger partial charge is 0.486 e. The highest BCUT2D eigenvalue weighted by Gasteiger charge is 2.17. The fourth-order valence-corrected chi connectivity index (χ4v) is 4.28. The van der Waals surface area contributed by atoms with Crippen molar-refractivity contribution in [2.45, 2.75) is 13.3 Å². The van der Waals surface area contributed by atoms with E-state index in [0.717, 1.165) is 20.6 Å². The van der Waals surface area contributed by atoms with E-state index in [-0.39, 0.29) is 5.91 Å². The molecular formula is C20H16BrClN2O3S. The summed E-state index contributed by atoms with van der Waals surface area (Å²) in [7, 11) is 0. The van der Waals surface area contributed by atoms with Gasteiger partial charge >= 0.3 is 0 Å². The summed E-state index contributed by atoms with van der Waals surface area (Å²) in [4.78, 5) is 18.2. The topological polar surface area (TPSA) is 60.5 Å². The molecule has 0 saturated heterocycles. The molecule has 1 amide bonds. The molecule has 4 rings (SSSR count). The number of aromatic nitrogens is 1. The van der Waals surface area contributed by atoms with Gasteiger partial charge in [-0.1, -0.05) is 17.7 Å². The lowest BCUT2D eigenvalue weighted by Gasteiger charge is -2.18. The van der Waals surface area contributed by atoms with Crippen LogP contribution in [-0.4, -0.2) is 24.1 Å².